The quantitative estimate of drug-likeness (QED) is 0.0373. The molecule has 0 heterocycles. The zero-order valence-corrected chi connectivity index (χ0v) is 51.8. The van der Waals surface area contributed by atoms with Gasteiger partial charge in [-0.25, -0.2) is 0 Å². The van der Waals surface area contributed by atoms with Crippen molar-refractivity contribution in [3.63, 3.8) is 0 Å². The molecule has 0 aromatic rings. The first-order valence-electron chi connectivity index (χ1n) is 34.9. The summed E-state index contributed by atoms with van der Waals surface area (Å²) in [6.45, 7) is 4.20. The molecule has 1 N–H and O–H groups in total. The number of esters is 2. The molecule has 76 heavy (non-hydrogen) atoms. The van der Waals surface area contributed by atoms with Gasteiger partial charge in [-0.1, -0.05) is 346 Å². The average Bonchev–Trinajstić information content (AvgIpc) is 3.42. The van der Waals surface area contributed by atoms with Crippen molar-refractivity contribution >= 4 is 11.9 Å². The van der Waals surface area contributed by atoms with E-state index < -0.39 is 6.10 Å². The molecule has 5 heteroatoms. The van der Waals surface area contributed by atoms with E-state index in [4.69, 9.17) is 9.47 Å². The lowest BCUT2D eigenvalue weighted by atomic mass is 10.0. The SMILES string of the molecule is CCCCCCCCCC/C=C\CCCCCCCCCCCCCCCCCCCCCCCCCCCCCC(=O)OC(CO)COC(=O)CCCCCCCCCCCCC/C=C\CCCCCCCCCC. The Morgan fingerprint density at radius 1 is 0.289 bits per heavy atom. The van der Waals surface area contributed by atoms with Gasteiger partial charge in [0.25, 0.3) is 0 Å². The van der Waals surface area contributed by atoms with Gasteiger partial charge in [-0.3, -0.25) is 9.59 Å². The maximum atomic E-state index is 12.4. The second-order valence-electron chi connectivity index (χ2n) is 24.0. The van der Waals surface area contributed by atoms with Crippen LogP contribution < -0.4 is 0 Å². The molecule has 5 nitrogen and oxygen atoms in total. The Morgan fingerprint density at radius 2 is 0.487 bits per heavy atom. The van der Waals surface area contributed by atoms with Crippen LogP contribution in [0.5, 0.6) is 0 Å². The van der Waals surface area contributed by atoms with Crippen molar-refractivity contribution in [2.75, 3.05) is 13.2 Å². The number of unbranched alkanes of at least 4 members (excludes halogenated alkanes) is 54. The van der Waals surface area contributed by atoms with Gasteiger partial charge in [0.15, 0.2) is 6.10 Å². The van der Waals surface area contributed by atoms with Crippen molar-refractivity contribution in [3.8, 4) is 0 Å². The zero-order valence-electron chi connectivity index (χ0n) is 51.8. The molecular weight excluding hydrogens is 933 g/mol. The van der Waals surface area contributed by atoms with Crippen LogP contribution in [-0.4, -0.2) is 36.4 Å². The van der Waals surface area contributed by atoms with E-state index in [-0.39, 0.29) is 25.2 Å². The maximum Gasteiger partial charge on any atom is 0.306 e. The molecule has 0 rings (SSSR count). The van der Waals surface area contributed by atoms with Crippen LogP contribution in [0.2, 0.25) is 0 Å². The Kier molecular flexibility index (Phi) is 66.2. The molecule has 1 unspecified atom stereocenters. The molecular formula is C71H136O5. The summed E-state index contributed by atoms with van der Waals surface area (Å²) in [5.74, 6) is -0.567. The lowest BCUT2D eigenvalue weighted by Gasteiger charge is -2.15. The summed E-state index contributed by atoms with van der Waals surface area (Å²) in [6, 6.07) is 0. The van der Waals surface area contributed by atoms with E-state index in [1.54, 1.807) is 0 Å². The van der Waals surface area contributed by atoms with Crippen LogP contribution >= 0.6 is 0 Å². The minimum Gasteiger partial charge on any atom is -0.462 e. The number of rotatable bonds is 66. The predicted molar refractivity (Wildman–Crippen MR) is 335 cm³/mol. The number of carbonyl (C=O) groups is 2. The van der Waals surface area contributed by atoms with Gasteiger partial charge in [-0.2, -0.15) is 0 Å². The average molecular weight is 1070 g/mol. The maximum absolute atomic E-state index is 12.4. The first-order chi connectivity index (χ1) is 37.6. The lowest BCUT2D eigenvalue weighted by Crippen LogP contribution is -2.28. The Hall–Kier alpha value is -1.62. The van der Waals surface area contributed by atoms with E-state index >= 15 is 0 Å². The molecule has 0 saturated carbocycles. The fourth-order valence-electron chi connectivity index (χ4n) is 11.0. The van der Waals surface area contributed by atoms with Crippen molar-refractivity contribution in [2.45, 2.75) is 405 Å². The van der Waals surface area contributed by atoms with Gasteiger partial charge in [0.05, 0.1) is 6.61 Å². The van der Waals surface area contributed by atoms with Crippen molar-refractivity contribution < 1.29 is 24.2 Å². The molecule has 0 aromatic heterocycles. The molecule has 0 aliphatic heterocycles. The smallest absolute Gasteiger partial charge is 0.306 e. The Labute approximate surface area is 476 Å². The minimum absolute atomic E-state index is 0.0595. The third-order valence-electron chi connectivity index (χ3n) is 16.2. The van der Waals surface area contributed by atoms with Gasteiger partial charge in [0.2, 0.25) is 0 Å². The molecule has 0 aromatic carbocycles. The highest BCUT2D eigenvalue weighted by atomic mass is 16.6. The van der Waals surface area contributed by atoms with Gasteiger partial charge in [-0.15, -0.1) is 0 Å². The van der Waals surface area contributed by atoms with Gasteiger partial charge in [0.1, 0.15) is 6.61 Å². The third-order valence-corrected chi connectivity index (χ3v) is 16.2. The fourth-order valence-corrected chi connectivity index (χ4v) is 11.0. The highest BCUT2D eigenvalue weighted by Crippen LogP contribution is 2.19. The second kappa shape index (κ2) is 67.7. The van der Waals surface area contributed by atoms with Crippen LogP contribution in [0.3, 0.4) is 0 Å². The number of ether oxygens (including phenoxy) is 2. The number of hydrogen-bond acceptors (Lipinski definition) is 5. The Balaban J connectivity index is 3.36. The van der Waals surface area contributed by atoms with Crippen LogP contribution in [0.4, 0.5) is 0 Å². The van der Waals surface area contributed by atoms with E-state index in [0.717, 1.165) is 38.5 Å². The summed E-state index contributed by atoms with van der Waals surface area (Å²) in [7, 11) is 0. The number of carbonyl (C=O) groups excluding carboxylic acids is 2. The molecule has 0 bridgehead atoms. The lowest BCUT2D eigenvalue weighted by molar-refractivity contribution is -0.161. The number of aliphatic hydroxyl groups is 1. The van der Waals surface area contributed by atoms with Crippen LogP contribution in [0.25, 0.3) is 0 Å². The third kappa shape index (κ3) is 64.9. The van der Waals surface area contributed by atoms with Crippen molar-refractivity contribution in [2.24, 2.45) is 0 Å². The number of aliphatic hydroxyl groups excluding tert-OH is 1. The summed E-state index contributed by atoms with van der Waals surface area (Å²) in [5.41, 5.74) is 0. The van der Waals surface area contributed by atoms with Crippen molar-refractivity contribution in [1.29, 1.82) is 0 Å². The molecule has 0 radical (unpaired) electrons. The standard InChI is InChI=1S/C71H136O5/c1-3-5-7-9-11-13-15-17-19-21-23-25-27-28-29-30-31-32-33-34-35-36-37-38-39-40-41-42-44-46-48-50-52-54-56-58-60-62-64-66-71(74)76-69(67-72)68-75-70(73)65-63-61-59-57-55-53-51-49-47-45-43-26-24-22-20-18-16-14-12-10-8-6-4-2/h21-24,69,72H,3-20,25-68H2,1-2H3/b23-21-,24-22-. The Morgan fingerprint density at radius 3 is 0.711 bits per heavy atom. The minimum atomic E-state index is -0.769. The van der Waals surface area contributed by atoms with E-state index in [9.17, 15) is 14.7 Å². The number of allylic oxidation sites excluding steroid dienone is 4. The second-order valence-corrected chi connectivity index (χ2v) is 24.0. The van der Waals surface area contributed by atoms with E-state index in [2.05, 4.69) is 38.2 Å². The molecule has 450 valence electrons. The molecule has 0 amide bonds. The summed E-state index contributed by atoms with van der Waals surface area (Å²) in [5, 5.41) is 9.69. The summed E-state index contributed by atoms with van der Waals surface area (Å²) in [4.78, 5) is 24.6. The Bertz CT molecular complexity index is 1160. The zero-order chi connectivity index (χ0) is 54.8. The summed E-state index contributed by atoms with van der Waals surface area (Å²) >= 11 is 0. The van der Waals surface area contributed by atoms with Gasteiger partial charge < -0.3 is 14.6 Å². The molecule has 0 aliphatic rings. The topological polar surface area (TPSA) is 72.8 Å². The molecule has 0 saturated heterocycles. The monoisotopic (exact) mass is 1070 g/mol. The number of hydrogen-bond donors (Lipinski definition) is 1. The first kappa shape index (κ1) is 74.4. The molecule has 1 atom stereocenters. The van der Waals surface area contributed by atoms with Crippen molar-refractivity contribution in [1.82, 2.24) is 0 Å². The molecule has 0 aliphatic carbocycles. The fraction of sp³-hybridized carbons (Fsp3) is 0.915. The summed E-state index contributed by atoms with van der Waals surface area (Å²) in [6.07, 6.45) is 88.0. The van der Waals surface area contributed by atoms with E-state index in [0.29, 0.717) is 12.8 Å². The highest BCUT2D eigenvalue weighted by molar-refractivity contribution is 5.70. The molecule has 0 spiro atoms. The van der Waals surface area contributed by atoms with Gasteiger partial charge >= 0.3 is 11.9 Å². The van der Waals surface area contributed by atoms with Crippen LogP contribution in [0.1, 0.15) is 399 Å². The largest absolute Gasteiger partial charge is 0.462 e. The van der Waals surface area contributed by atoms with Crippen LogP contribution in [0.15, 0.2) is 24.3 Å². The first-order valence-corrected chi connectivity index (χ1v) is 34.9. The van der Waals surface area contributed by atoms with E-state index in [1.165, 1.54) is 334 Å². The van der Waals surface area contributed by atoms with Crippen LogP contribution in [-0.2, 0) is 19.1 Å². The van der Waals surface area contributed by atoms with Crippen LogP contribution in [0, 0.1) is 0 Å². The predicted octanol–water partition coefficient (Wildman–Crippen LogP) is 24.0. The van der Waals surface area contributed by atoms with Gasteiger partial charge in [-0.05, 0) is 64.2 Å². The molecule has 0 fully saturated rings. The summed E-state index contributed by atoms with van der Waals surface area (Å²) < 4.78 is 10.8. The van der Waals surface area contributed by atoms with E-state index in [1.807, 2.05) is 0 Å². The van der Waals surface area contributed by atoms with Gasteiger partial charge in [0, 0.05) is 12.8 Å². The normalized spacial score (nSPS) is 12.2. The van der Waals surface area contributed by atoms with Crippen molar-refractivity contribution in [3.05, 3.63) is 24.3 Å². The highest BCUT2D eigenvalue weighted by Gasteiger charge is 2.16.